The summed E-state index contributed by atoms with van der Waals surface area (Å²) in [6.45, 7) is 0.188. The summed E-state index contributed by atoms with van der Waals surface area (Å²) in [6, 6.07) is 6.13. The molecule has 1 aromatic rings. The molecule has 106 valence electrons. The van der Waals surface area contributed by atoms with Crippen molar-refractivity contribution in [2.45, 2.75) is 0 Å². The molecular formula is C13H13NO6. The topological polar surface area (TPSA) is 113 Å². The molecule has 0 heterocycles. The van der Waals surface area contributed by atoms with Crippen molar-refractivity contribution in [3.8, 4) is 5.75 Å². The van der Waals surface area contributed by atoms with Crippen molar-refractivity contribution in [1.82, 2.24) is 5.32 Å². The van der Waals surface area contributed by atoms with Gasteiger partial charge < -0.3 is 20.3 Å². The molecule has 0 atom stereocenters. The van der Waals surface area contributed by atoms with Crippen LogP contribution in [0.15, 0.2) is 36.4 Å². The molecular weight excluding hydrogens is 266 g/mol. The molecule has 0 bridgehead atoms. The minimum absolute atomic E-state index is 0.0320. The van der Waals surface area contributed by atoms with Crippen molar-refractivity contribution >= 4 is 17.8 Å². The molecule has 20 heavy (non-hydrogen) atoms. The van der Waals surface area contributed by atoms with Crippen molar-refractivity contribution in [2.24, 2.45) is 0 Å². The minimum atomic E-state index is -1.22. The lowest BCUT2D eigenvalue weighted by Gasteiger charge is -2.08. The van der Waals surface area contributed by atoms with Gasteiger partial charge in [-0.2, -0.15) is 0 Å². The van der Waals surface area contributed by atoms with Gasteiger partial charge in [0.15, 0.2) is 0 Å². The van der Waals surface area contributed by atoms with Gasteiger partial charge in [0.1, 0.15) is 17.9 Å². The Balaban J connectivity index is 2.40. The molecule has 1 amide bonds. The fraction of sp³-hybridized carbons (Fsp3) is 0.154. The Bertz CT molecular complexity index is 537. The summed E-state index contributed by atoms with van der Waals surface area (Å²) >= 11 is 0. The summed E-state index contributed by atoms with van der Waals surface area (Å²) in [5.74, 6) is -2.68. The third-order valence-electron chi connectivity index (χ3n) is 2.15. The number of hydrogen-bond acceptors (Lipinski definition) is 4. The van der Waals surface area contributed by atoms with E-state index in [1.807, 2.05) is 0 Å². The molecule has 0 fully saturated rings. The number of para-hydroxylation sites is 1. The Labute approximate surface area is 114 Å². The minimum Gasteiger partial charge on any atom is -0.491 e. The first kappa shape index (κ1) is 15.2. The number of aromatic carboxylic acids is 1. The Morgan fingerprint density at radius 1 is 1.15 bits per heavy atom. The van der Waals surface area contributed by atoms with Gasteiger partial charge in [-0.1, -0.05) is 12.1 Å². The molecule has 1 aromatic carbocycles. The molecule has 0 aliphatic heterocycles. The van der Waals surface area contributed by atoms with Gasteiger partial charge in [-0.3, -0.25) is 4.79 Å². The highest BCUT2D eigenvalue weighted by Crippen LogP contribution is 2.17. The maximum absolute atomic E-state index is 11.1. The van der Waals surface area contributed by atoms with E-state index in [0.29, 0.717) is 0 Å². The van der Waals surface area contributed by atoms with Crippen LogP contribution in [-0.4, -0.2) is 41.2 Å². The Morgan fingerprint density at radius 2 is 1.85 bits per heavy atom. The molecule has 1 rings (SSSR count). The zero-order valence-corrected chi connectivity index (χ0v) is 10.4. The normalized spacial score (nSPS) is 10.2. The van der Waals surface area contributed by atoms with Gasteiger partial charge in [0.25, 0.3) is 0 Å². The Kier molecular flexibility index (Phi) is 5.76. The second kappa shape index (κ2) is 7.57. The van der Waals surface area contributed by atoms with Gasteiger partial charge >= 0.3 is 11.9 Å². The van der Waals surface area contributed by atoms with E-state index in [9.17, 15) is 14.4 Å². The predicted molar refractivity (Wildman–Crippen MR) is 68.7 cm³/mol. The van der Waals surface area contributed by atoms with Gasteiger partial charge in [0.2, 0.25) is 5.91 Å². The molecule has 0 unspecified atom stereocenters. The molecule has 7 nitrogen and oxygen atoms in total. The first-order chi connectivity index (χ1) is 9.50. The number of amides is 1. The summed E-state index contributed by atoms with van der Waals surface area (Å²) < 4.78 is 5.24. The van der Waals surface area contributed by atoms with E-state index >= 15 is 0 Å². The number of ether oxygens (including phenoxy) is 1. The number of benzene rings is 1. The van der Waals surface area contributed by atoms with E-state index in [4.69, 9.17) is 14.9 Å². The Hall–Kier alpha value is -2.83. The van der Waals surface area contributed by atoms with Gasteiger partial charge in [-0.15, -0.1) is 0 Å². The SMILES string of the molecule is O=C(O)/C=C\C(=O)NCCOc1ccccc1C(=O)O. The summed E-state index contributed by atoms with van der Waals surface area (Å²) in [5, 5.41) is 19.6. The summed E-state index contributed by atoms with van der Waals surface area (Å²) in [6.07, 6.45) is 1.60. The van der Waals surface area contributed by atoms with Crippen LogP contribution in [0.1, 0.15) is 10.4 Å². The predicted octanol–water partition coefficient (Wildman–Crippen LogP) is 0.521. The highest BCUT2D eigenvalue weighted by molar-refractivity contribution is 5.93. The lowest BCUT2D eigenvalue weighted by molar-refractivity contribution is -0.131. The lowest BCUT2D eigenvalue weighted by atomic mass is 10.2. The monoisotopic (exact) mass is 279 g/mol. The van der Waals surface area contributed by atoms with Crippen LogP contribution in [0.3, 0.4) is 0 Å². The van der Waals surface area contributed by atoms with Crippen LogP contribution >= 0.6 is 0 Å². The molecule has 0 radical (unpaired) electrons. The number of aliphatic carboxylic acids is 1. The lowest BCUT2D eigenvalue weighted by Crippen LogP contribution is -2.26. The average Bonchev–Trinajstić information content (AvgIpc) is 2.41. The maximum atomic E-state index is 11.1. The van der Waals surface area contributed by atoms with Gasteiger partial charge in [0, 0.05) is 12.2 Å². The van der Waals surface area contributed by atoms with E-state index in [2.05, 4.69) is 5.32 Å². The first-order valence-corrected chi connectivity index (χ1v) is 5.64. The van der Waals surface area contributed by atoms with Crippen LogP contribution in [0, 0.1) is 0 Å². The molecule has 0 aromatic heterocycles. The molecule has 7 heteroatoms. The smallest absolute Gasteiger partial charge is 0.339 e. The van der Waals surface area contributed by atoms with E-state index in [1.165, 1.54) is 12.1 Å². The zero-order valence-electron chi connectivity index (χ0n) is 10.4. The van der Waals surface area contributed by atoms with Crippen molar-refractivity contribution in [3.05, 3.63) is 42.0 Å². The molecule has 0 aliphatic carbocycles. The van der Waals surface area contributed by atoms with Crippen LogP contribution < -0.4 is 10.1 Å². The largest absolute Gasteiger partial charge is 0.491 e. The number of carbonyl (C=O) groups is 3. The van der Waals surface area contributed by atoms with Gasteiger partial charge in [0.05, 0.1) is 6.54 Å². The van der Waals surface area contributed by atoms with Crippen LogP contribution in [0.25, 0.3) is 0 Å². The number of rotatable bonds is 7. The molecule has 0 saturated carbocycles. The second-order valence-electron chi connectivity index (χ2n) is 3.61. The number of nitrogens with one attached hydrogen (secondary N) is 1. The van der Waals surface area contributed by atoms with Gasteiger partial charge in [-0.05, 0) is 12.1 Å². The molecule has 0 saturated heterocycles. The first-order valence-electron chi connectivity index (χ1n) is 5.64. The summed E-state index contributed by atoms with van der Waals surface area (Å²) in [7, 11) is 0. The van der Waals surface area contributed by atoms with E-state index < -0.39 is 17.8 Å². The van der Waals surface area contributed by atoms with Crippen molar-refractivity contribution in [1.29, 1.82) is 0 Å². The highest BCUT2D eigenvalue weighted by Gasteiger charge is 2.09. The van der Waals surface area contributed by atoms with Crippen LogP contribution in [0.5, 0.6) is 5.75 Å². The third kappa shape index (κ3) is 5.21. The Morgan fingerprint density at radius 3 is 2.50 bits per heavy atom. The van der Waals surface area contributed by atoms with Crippen LogP contribution in [0.2, 0.25) is 0 Å². The van der Waals surface area contributed by atoms with E-state index in [1.54, 1.807) is 12.1 Å². The quantitative estimate of drug-likeness (QED) is 0.495. The average molecular weight is 279 g/mol. The fourth-order valence-corrected chi connectivity index (χ4v) is 1.31. The van der Waals surface area contributed by atoms with Crippen LogP contribution in [0.4, 0.5) is 0 Å². The highest BCUT2D eigenvalue weighted by atomic mass is 16.5. The third-order valence-corrected chi connectivity index (χ3v) is 2.15. The maximum Gasteiger partial charge on any atom is 0.339 e. The molecule has 0 aliphatic rings. The number of carbonyl (C=O) groups excluding carboxylic acids is 1. The summed E-state index contributed by atoms with van der Waals surface area (Å²) in [5.41, 5.74) is 0.0320. The van der Waals surface area contributed by atoms with Crippen molar-refractivity contribution in [2.75, 3.05) is 13.2 Å². The van der Waals surface area contributed by atoms with E-state index in [0.717, 1.165) is 12.2 Å². The van der Waals surface area contributed by atoms with Crippen LogP contribution in [-0.2, 0) is 9.59 Å². The summed E-state index contributed by atoms with van der Waals surface area (Å²) in [4.78, 5) is 32.2. The molecule has 0 spiro atoms. The zero-order chi connectivity index (χ0) is 15.0. The number of carboxylic acid groups (broad SMARTS) is 2. The van der Waals surface area contributed by atoms with Crippen molar-refractivity contribution in [3.63, 3.8) is 0 Å². The van der Waals surface area contributed by atoms with E-state index in [-0.39, 0.29) is 24.5 Å². The van der Waals surface area contributed by atoms with Gasteiger partial charge in [-0.25, -0.2) is 9.59 Å². The number of hydrogen-bond donors (Lipinski definition) is 3. The standard InChI is InChI=1S/C13H13NO6/c15-11(5-6-12(16)17)14-7-8-20-10-4-2-1-3-9(10)13(18)19/h1-6H,7-8H2,(H,14,15)(H,16,17)(H,18,19)/b6-5-. The molecule has 3 N–H and O–H groups in total. The second-order valence-corrected chi connectivity index (χ2v) is 3.61. The van der Waals surface area contributed by atoms with Crippen molar-refractivity contribution < 1.29 is 29.3 Å². The number of carboxylic acids is 2. The fourth-order valence-electron chi connectivity index (χ4n) is 1.31.